The van der Waals surface area contributed by atoms with Crippen molar-refractivity contribution < 1.29 is 36.2 Å². The summed E-state index contributed by atoms with van der Waals surface area (Å²) in [6.45, 7) is 7.86. The molecule has 1 heterocycles. The zero-order chi connectivity index (χ0) is 29.2. The topological polar surface area (TPSA) is 118 Å². The number of nitrogens with one attached hydrogen (secondary N) is 2. The van der Waals surface area contributed by atoms with Gasteiger partial charge in [0.2, 0.25) is 10.0 Å². The third-order valence-corrected chi connectivity index (χ3v) is 8.84. The maximum Gasteiger partial charge on any atom is 0.573 e. The van der Waals surface area contributed by atoms with Crippen LogP contribution in [0.4, 0.5) is 13.2 Å². The van der Waals surface area contributed by atoms with Crippen LogP contribution in [0.3, 0.4) is 0 Å². The van der Waals surface area contributed by atoms with E-state index in [1.165, 1.54) is 26.0 Å². The molecule has 0 unspecified atom stereocenters. The van der Waals surface area contributed by atoms with E-state index in [-0.39, 0.29) is 27.9 Å². The molecule has 1 saturated carbocycles. The van der Waals surface area contributed by atoms with E-state index in [1.807, 2.05) is 0 Å². The highest BCUT2D eigenvalue weighted by Gasteiger charge is 2.35. The quantitative estimate of drug-likeness (QED) is 0.359. The van der Waals surface area contributed by atoms with Crippen molar-refractivity contribution in [1.29, 1.82) is 0 Å². The van der Waals surface area contributed by atoms with E-state index in [2.05, 4.69) is 19.8 Å². The molecule has 0 spiro atoms. The maximum atomic E-state index is 13.5. The summed E-state index contributed by atoms with van der Waals surface area (Å²) >= 11 is 0.906. The molecule has 13 heteroatoms. The van der Waals surface area contributed by atoms with Crippen molar-refractivity contribution in [1.82, 2.24) is 15.0 Å². The fourth-order valence-corrected chi connectivity index (χ4v) is 6.84. The van der Waals surface area contributed by atoms with Crippen molar-refractivity contribution in [2.45, 2.75) is 95.5 Å². The molecule has 1 amide bonds. The second-order valence-corrected chi connectivity index (χ2v) is 14.2. The van der Waals surface area contributed by atoms with Crippen LogP contribution in [0.2, 0.25) is 0 Å². The number of benzene rings is 1. The van der Waals surface area contributed by atoms with Crippen molar-refractivity contribution in [3.8, 4) is 16.2 Å². The van der Waals surface area contributed by atoms with Crippen molar-refractivity contribution in [3.05, 3.63) is 28.9 Å². The molecule has 8 nitrogen and oxygen atoms in total. The minimum absolute atomic E-state index is 0.00752. The average Bonchev–Trinajstić information content (AvgIpc) is 3.18. The van der Waals surface area contributed by atoms with Crippen LogP contribution in [-0.2, 0) is 16.4 Å². The van der Waals surface area contributed by atoms with Gasteiger partial charge < -0.3 is 15.2 Å². The van der Waals surface area contributed by atoms with Gasteiger partial charge in [0, 0.05) is 23.7 Å². The van der Waals surface area contributed by atoms with Crippen LogP contribution >= 0.6 is 11.3 Å². The Kier molecular flexibility index (Phi) is 9.41. The van der Waals surface area contributed by atoms with Crippen LogP contribution in [0.1, 0.15) is 82.2 Å². The highest BCUT2D eigenvalue weighted by atomic mass is 32.2. The molecule has 1 aliphatic rings. The molecule has 1 aromatic heterocycles. The summed E-state index contributed by atoms with van der Waals surface area (Å²) < 4.78 is 72.9. The molecule has 0 bridgehead atoms. The third kappa shape index (κ3) is 9.44. The third-order valence-electron chi connectivity index (χ3n) is 5.95. The van der Waals surface area contributed by atoms with Crippen LogP contribution < -0.4 is 14.8 Å². The standard InChI is InChI=1S/C26H36F3N3O5S2/c1-24(2,3)32-39(35,36)17-11-12-18(20(14-17)37-26(27,28)29)21-19(13-16-9-7-6-8-10-16)31-23(38-21)22(33)30-15-25(4,5)34/h11-12,14,16,32,34H,6-10,13,15H2,1-5H3,(H,30,33). The van der Waals surface area contributed by atoms with Gasteiger partial charge >= 0.3 is 6.36 Å². The Morgan fingerprint density at radius 3 is 2.33 bits per heavy atom. The largest absolute Gasteiger partial charge is 0.573 e. The van der Waals surface area contributed by atoms with Gasteiger partial charge in [-0.1, -0.05) is 32.1 Å². The van der Waals surface area contributed by atoms with Crippen LogP contribution in [0, 0.1) is 5.92 Å². The van der Waals surface area contributed by atoms with Crippen LogP contribution in [0.25, 0.3) is 10.4 Å². The summed E-state index contributed by atoms with van der Waals surface area (Å²) in [6, 6.07) is 3.31. The Hall–Kier alpha value is -2.22. The number of sulfonamides is 1. The van der Waals surface area contributed by atoms with Gasteiger partial charge in [0.25, 0.3) is 5.91 Å². The monoisotopic (exact) mass is 591 g/mol. The number of rotatable bonds is 9. The molecule has 1 fully saturated rings. The molecule has 218 valence electrons. The van der Waals surface area contributed by atoms with Gasteiger partial charge in [-0.25, -0.2) is 18.1 Å². The molecule has 3 N–H and O–H groups in total. The first kappa shape index (κ1) is 31.3. The van der Waals surface area contributed by atoms with E-state index in [0.717, 1.165) is 49.5 Å². The van der Waals surface area contributed by atoms with Crippen molar-refractivity contribution in [2.24, 2.45) is 5.92 Å². The fraction of sp³-hybridized carbons (Fsp3) is 0.615. The van der Waals surface area contributed by atoms with Gasteiger partial charge in [-0.15, -0.1) is 24.5 Å². The summed E-state index contributed by atoms with van der Waals surface area (Å²) in [5.74, 6) is -1.00. The molecule has 39 heavy (non-hydrogen) atoms. The highest BCUT2D eigenvalue weighted by molar-refractivity contribution is 7.89. The zero-order valence-electron chi connectivity index (χ0n) is 22.7. The number of alkyl halides is 3. The molecule has 2 aromatic rings. The van der Waals surface area contributed by atoms with Gasteiger partial charge in [-0.2, -0.15) is 0 Å². The molecule has 0 saturated heterocycles. The fourth-order valence-electron chi connectivity index (χ4n) is 4.36. The number of carbonyl (C=O) groups is 1. The average molecular weight is 592 g/mol. The molecule has 0 radical (unpaired) electrons. The SMILES string of the molecule is CC(C)(O)CNC(=O)c1nc(CC2CCCCC2)c(-c2ccc(S(=O)(=O)NC(C)(C)C)cc2OC(F)(F)F)s1. The van der Waals surface area contributed by atoms with Crippen LogP contribution in [0.5, 0.6) is 5.75 Å². The van der Waals surface area contributed by atoms with Crippen molar-refractivity contribution >= 4 is 27.3 Å². The van der Waals surface area contributed by atoms with Gasteiger partial charge in [0.1, 0.15) is 5.75 Å². The first-order valence-corrected chi connectivity index (χ1v) is 15.1. The number of hydrogen-bond acceptors (Lipinski definition) is 7. The number of nitrogens with zero attached hydrogens (tertiary/aromatic N) is 1. The van der Waals surface area contributed by atoms with E-state index in [0.29, 0.717) is 17.0 Å². The molecular weight excluding hydrogens is 555 g/mol. The first-order valence-electron chi connectivity index (χ1n) is 12.8. The molecular formula is C26H36F3N3O5S2. The Bertz CT molecular complexity index is 1270. The van der Waals surface area contributed by atoms with Gasteiger partial charge in [-0.3, -0.25) is 4.79 Å². The van der Waals surface area contributed by atoms with Gasteiger partial charge in [0.15, 0.2) is 5.01 Å². The lowest BCUT2D eigenvalue weighted by atomic mass is 9.85. The summed E-state index contributed by atoms with van der Waals surface area (Å²) in [5, 5.41) is 12.6. The maximum absolute atomic E-state index is 13.5. The molecule has 0 atom stereocenters. The van der Waals surface area contributed by atoms with E-state index >= 15 is 0 Å². The highest BCUT2D eigenvalue weighted by Crippen LogP contribution is 2.42. The minimum Gasteiger partial charge on any atom is -0.405 e. The van der Waals surface area contributed by atoms with Crippen LogP contribution in [0.15, 0.2) is 23.1 Å². The minimum atomic E-state index is -5.09. The van der Waals surface area contributed by atoms with Gasteiger partial charge in [0.05, 0.1) is 21.1 Å². The molecule has 1 aliphatic carbocycles. The number of amides is 1. The molecule has 1 aromatic carbocycles. The number of carbonyl (C=O) groups excluding carboxylic acids is 1. The molecule has 0 aliphatic heterocycles. The molecule has 3 rings (SSSR count). The van der Waals surface area contributed by atoms with Crippen molar-refractivity contribution in [2.75, 3.05) is 6.54 Å². The van der Waals surface area contributed by atoms with Gasteiger partial charge in [-0.05, 0) is 59.1 Å². The number of ether oxygens (including phenoxy) is 1. The zero-order valence-corrected chi connectivity index (χ0v) is 24.4. The predicted molar refractivity (Wildman–Crippen MR) is 143 cm³/mol. The normalized spacial score (nSPS) is 15.8. The smallest absolute Gasteiger partial charge is 0.405 e. The summed E-state index contributed by atoms with van der Waals surface area (Å²) in [4.78, 5) is 17.3. The summed E-state index contributed by atoms with van der Waals surface area (Å²) in [7, 11) is -4.15. The van der Waals surface area contributed by atoms with E-state index < -0.39 is 39.2 Å². The summed E-state index contributed by atoms with van der Waals surface area (Å²) in [5.41, 5.74) is -1.59. The number of aromatic nitrogens is 1. The second-order valence-electron chi connectivity index (χ2n) is 11.6. The number of halogens is 3. The van der Waals surface area contributed by atoms with Crippen molar-refractivity contribution in [3.63, 3.8) is 0 Å². The van der Waals surface area contributed by atoms with E-state index in [4.69, 9.17) is 0 Å². The number of hydrogen-bond donors (Lipinski definition) is 3. The Balaban J connectivity index is 2.10. The van der Waals surface area contributed by atoms with E-state index in [9.17, 15) is 31.5 Å². The second kappa shape index (κ2) is 11.7. The lowest BCUT2D eigenvalue weighted by Crippen LogP contribution is -2.40. The number of aliphatic hydroxyl groups is 1. The number of thiazole rings is 1. The summed E-state index contributed by atoms with van der Waals surface area (Å²) in [6.07, 6.45) is 0.458. The Morgan fingerprint density at radius 1 is 1.13 bits per heavy atom. The lowest BCUT2D eigenvalue weighted by Gasteiger charge is -2.22. The lowest BCUT2D eigenvalue weighted by molar-refractivity contribution is -0.274. The predicted octanol–water partition coefficient (Wildman–Crippen LogP) is 5.41. The first-order chi connectivity index (χ1) is 17.8. The van der Waals surface area contributed by atoms with E-state index in [1.54, 1.807) is 20.8 Å². The Morgan fingerprint density at radius 2 is 1.77 bits per heavy atom. The Labute approximate surface area is 231 Å². The van der Waals surface area contributed by atoms with Crippen LogP contribution in [-0.4, -0.2) is 48.5 Å².